The SMILES string of the molecule is CC(C)c1ccccc1NCc1ccccc1Br. The lowest BCUT2D eigenvalue weighted by Crippen LogP contribution is -2.03. The normalized spacial score (nSPS) is 10.7. The highest BCUT2D eigenvalue weighted by atomic mass is 79.9. The molecular weight excluding hydrogens is 286 g/mol. The van der Waals surface area contributed by atoms with E-state index in [1.165, 1.54) is 16.8 Å². The minimum atomic E-state index is 0.535. The van der Waals surface area contributed by atoms with Gasteiger partial charge in [0.2, 0.25) is 0 Å². The minimum absolute atomic E-state index is 0.535. The third-order valence-electron chi connectivity index (χ3n) is 3.01. The van der Waals surface area contributed by atoms with Gasteiger partial charge in [0.15, 0.2) is 0 Å². The van der Waals surface area contributed by atoms with E-state index >= 15 is 0 Å². The first kappa shape index (κ1) is 13.2. The molecule has 2 aromatic carbocycles. The van der Waals surface area contributed by atoms with E-state index in [4.69, 9.17) is 0 Å². The number of rotatable bonds is 4. The molecule has 1 N–H and O–H groups in total. The van der Waals surface area contributed by atoms with Crippen LogP contribution in [-0.2, 0) is 6.54 Å². The molecule has 0 aliphatic heterocycles. The summed E-state index contributed by atoms with van der Waals surface area (Å²) in [6, 6.07) is 16.8. The molecule has 0 spiro atoms. The van der Waals surface area contributed by atoms with Crippen LogP contribution in [0.25, 0.3) is 0 Å². The third kappa shape index (κ3) is 3.14. The van der Waals surface area contributed by atoms with E-state index in [0.29, 0.717) is 5.92 Å². The highest BCUT2D eigenvalue weighted by Crippen LogP contribution is 2.25. The van der Waals surface area contributed by atoms with Crippen LogP contribution in [0.3, 0.4) is 0 Å². The average molecular weight is 304 g/mol. The fourth-order valence-electron chi connectivity index (χ4n) is 1.99. The van der Waals surface area contributed by atoms with Crippen LogP contribution in [0.4, 0.5) is 5.69 Å². The van der Waals surface area contributed by atoms with Crippen LogP contribution in [0.1, 0.15) is 30.9 Å². The largest absolute Gasteiger partial charge is 0.381 e. The van der Waals surface area contributed by atoms with Crippen LogP contribution < -0.4 is 5.32 Å². The van der Waals surface area contributed by atoms with Crippen molar-refractivity contribution >= 4 is 21.6 Å². The van der Waals surface area contributed by atoms with Crippen molar-refractivity contribution in [2.75, 3.05) is 5.32 Å². The Hall–Kier alpha value is -1.28. The van der Waals surface area contributed by atoms with Gasteiger partial charge in [0.25, 0.3) is 0 Å². The van der Waals surface area contributed by atoms with Gasteiger partial charge in [-0.15, -0.1) is 0 Å². The molecule has 2 heteroatoms. The van der Waals surface area contributed by atoms with E-state index in [2.05, 4.69) is 77.6 Å². The molecule has 0 unspecified atom stereocenters. The Labute approximate surface area is 117 Å². The molecule has 0 aliphatic carbocycles. The van der Waals surface area contributed by atoms with Crippen molar-refractivity contribution in [3.63, 3.8) is 0 Å². The van der Waals surface area contributed by atoms with Crippen molar-refractivity contribution in [3.05, 3.63) is 64.1 Å². The summed E-state index contributed by atoms with van der Waals surface area (Å²) in [4.78, 5) is 0. The molecule has 0 atom stereocenters. The third-order valence-corrected chi connectivity index (χ3v) is 3.78. The summed E-state index contributed by atoms with van der Waals surface area (Å²) in [6.45, 7) is 5.28. The smallest absolute Gasteiger partial charge is 0.0412 e. The van der Waals surface area contributed by atoms with E-state index in [9.17, 15) is 0 Å². The zero-order valence-electron chi connectivity index (χ0n) is 10.8. The van der Waals surface area contributed by atoms with Crippen LogP contribution in [0.2, 0.25) is 0 Å². The maximum atomic E-state index is 3.58. The summed E-state index contributed by atoms with van der Waals surface area (Å²) in [5, 5.41) is 3.52. The Balaban J connectivity index is 2.14. The standard InChI is InChI=1S/C16H18BrN/c1-12(2)14-8-4-6-10-16(14)18-11-13-7-3-5-9-15(13)17/h3-10,12,18H,11H2,1-2H3. The first-order chi connectivity index (χ1) is 8.68. The second-order valence-electron chi connectivity index (χ2n) is 4.69. The molecule has 2 aromatic rings. The summed E-state index contributed by atoms with van der Waals surface area (Å²) in [5.41, 5.74) is 3.86. The van der Waals surface area contributed by atoms with Gasteiger partial charge in [-0.2, -0.15) is 0 Å². The molecule has 0 saturated carbocycles. The fraction of sp³-hybridized carbons (Fsp3) is 0.250. The van der Waals surface area contributed by atoms with Gasteiger partial charge in [-0.25, -0.2) is 0 Å². The van der Waals surface area contributed by atoms with Gasteiger partial charge >= 0.3 is 0 Å². The van der Waals surface area contributed by atoms with Gasteiger partial charge in [0.05, 0.1) is 0 Å². The molecule has 0 amide bonds. The first-order valence-electron chi connectivity index (χ1n) is 6.24. The Bertz CT molecular complexity index is 520. The van der Waals surface area contributed by atoms with Crippen molar-refractivity contribution in [1.29, 1.82) is 0 Å². The van der Waals surface area contributed by atoms with Crippen LogP contribution in [0, 0.1) is 0 Å². The molecule has 0 aromatic heterocycles. The van der Waals surface area contributed by atoms with Crippen LogP contribution >= 0.6 is 15.9 Å². The Morgan fingerprint density at radius 3 is 2.39 bits per heavy atom. The van der Waals surface area contributed by atoms with Crippen LogP contribution in [0.5, 0.6) is 0 Å². The molecule has 18 heavy (non-hydrogen) atoms. The Morgan fingerprint density at radius 2 is 1.67 bits per heavy atom. The number of benzene rings is 2. The number of anilines is 1. The Morgan fingerprint density at radius 1 is 1.00 bits per heavy atom. The van der Waals surface area contributed by atoms with Crippen molar-refractivity contribution in [2.45, 2.75) is 26.3 Å². The predicted molar refractivity (Wildman–Crippen MR) is 82.0 cm³/mol. The first-order valence-corrected chi connectivity index (χ1v) is 7.04. The average Bonchev–Trinajstić information content (AvgIpc) is 2.38. The van der Waals surface area contributed by atoms with Gasteiger partial charge in [-0.05, 0) is 29.2 Å². The quantitative estimate of drug-likeness (QED) is 0.820. The van der Waals surface area contributed by atoms with E-state index in [1.54, 1.807) is 0 Å². The molecule has 0 fully saturated rings. The predicted octanol–water partition coefficient (Wildman–Crippen LogP) is 5.18. The molecule has 2 rings (SSSR count). The molecule has 0 bridgehead atoms. The Kier molecular flexibility index (Phi) is 4.43. The highest BCUT2D eigenvalue weighted by Gasteiger charge is 2.05. The van der Waals surface area contributed by atoms with Crippen LogP contribution in [-0.4, -0.2) is 0 Å². The van der Waals surface area contributed by atoms with Crippen LogP contribution in [0.15, 0.2) is 53.0 Å². The zero-order chi connectivity index (χ0) is 13.0. The maximum Gasteiger partial charge on any atom is 0.0412 e. The summed E-state index contributed by atoms with van der Waals surface area (Å²) >= 11 is 3.58. The lowest BCUT2D eigenvalue weighted by molar-refractivity contribution is 0.865. The van der Waals surface area contributed by atoms with Gasteiger partial charge in [0, 0.05) is 16.7 Å². The van der Waals surface area contributed by atoms with Gasteiger partial charge in [0.1, 0.15) is 0 Å². The van der Waals surface area contributed by atoms with E-state index in [-0.39, 0.29) is 0 Å². The molecule has 0 radical (unpaired) electrons. The fourth-order valence-corrected chi connectivity index (χ4v) is 2.42. The highest BCUT2D eigenvalue weighted by molar-refractivity contribution is 9.10. The molecule has 0 aliphatic rings. The molecule has 0 heterocycles. The lowest BCUT2D eigenvalue weighted by atomic mass is 10.0. The molecule has 94 valence electrons. The van der Waals surface area contributed by atoms with Crippen molar-refractivity contribution in [1.82, 2.24) is 0 Å². The van der Waals surface area contributed by atoms with Crippen molar-refractivity contribution in [2.24, 2.45) is 0 Å². The summed E-state index contributed by atoms with van der Waals surface area (Å²) in [5.74, 6) is 0.535. The van der Waals surface area contributed by atoms with Gasteiger partial charge in [-0.3, -0.25) is 0 Å². The molecule has 1 nitrogen and oxygen atoms in total. The van der Waals surface area contributed by atoms with Crippen molar-refractivity contribution in [3.8, 4) is 0 Å². The maximum absolute atomic E-state index is 3.58. The number of para-hydroxylation sites is 1. The number of halogens is 1. The number of nitrogens with one attached hydrogen (secondary N) is 1. The van der Waals surface area contributed by atoms with E-state index < -0.39 is 0 Å². The lowest BCUT2D eigenvalue weighted by Gasteiger charge is -2.15. The van der Waals surface area contributed by atoms with Gasteiger partial charge in [-0.1, -0.05) is 66.2 Å². The second kappa shape index (κ2) is 6.05. The topological polar surface area (TPSA) is 12.0 Å². The zero-order valence-corrected chi connectivity index (χ0v) is 12.4. The molecular formula is C16H18BrN. The summed E-state index contributed by atoms with van der Waals surface area (Å²) in [6.07, 6.45) is 0. The minimum Gasteiger partial charge on any atom is -0.381 e. The number of hydrogen-bond donors (Lipinski definition) is 1. The summed E-state index contributed by atoms with van der Waals surface area (Å²) < 4.78 is 1.15. The second-order valence-corrected chi connectivity index (χ2v) is 5.54. The van der Waals surface area contributed by atoms with Gasteiger partial charge < -0.3 is 5.32 Å². The van der Waals surface area contributed by atoms with E-state index in [0.717, 1.165) is 11.0 Å². The number of hydrogen-bond acceptors (Lipinski definition) is 1. The van der Waals surface area contributed by atoms with Crippen molar-refractivity contribution < 1.29 is 0 Å². The monoisotopic (exact) mass is 303 g/mol. The van der Waals surface area contributed by atoms with E-state index in [1.807, 2.05) is 6.07 Å². The molecule has 0 saturated heterocycles. The summed E-state index contributed by atoms with van der Waals surface area (Å²) in [7, 11) is 0.